The third-order valence-electron chi connectivity index (χ3n) is 2.70. The topological polar surface area (TPSA) is 12.5 Å². The minimum absolute atomic E-state index is 0.857. The Balaban J connectivity index is 2.13. The van der Waals surface area contributed by atoms with Crippen molar-refractivity contribution in [3.63, 3.8) is 0 Å². The summed E-state index contributed by atoms with van der Waals surface area (Å²) in [4.78, 5) is 2.39. The molecular formula is C12H17NO. The molecule has 0 aromatic heterocycles. The van der Waals surface area contributed by atoms with Gasteiger partial charge in [-0.1, -0.05) is 19.1 Å². The van der Waals surface area contributed by atoms with Crippen LogP contribution in [0.25, 0.3) is 0 Å². The van der Waals surface area contributed by atoms with Gasteiger partial charge in [0.15, 0.2) is 0 Å². The van der Waals surface area contributed by atoms with Crippen molar-refractivity contribution in [1.82, 2.24) is 0 Å². The molecule has 0 unspecified atom stereocenters. The molecule has 1 aliphatic heterocycles. The second kappa shape index (κ2) is 4.47. The van der Waals surface area contributed by atoms with Crippen molar-refractivity contribution in [2.45, 2.75) is 13.3 Å². The van der Waals surface area contributed by atoms with E-state index >= 15 is 0 Å². The molecule has 0 aliphatic carbocycles. The van der Waals surface area contributed by atoms with Crippen molar-refractivity contribution in [3.05, 3.63) is 29.8 Å². The highest BCUT2D eigenvalue weighted by Gasteiger charge is 2.10. The minimum Gasteiger partial charge on any atom is -0.378 e. The first kappa shape index (κ1) is 9.53. The molecule has 0 saturated carbocycles. The van der Waals surface area contributed by atoms with Crippen LogP contribution in [0.1, 0.15) is 12.5 Å². The molecule has 2 rings (SSSR count). The van der Waals surface area contributed by atoms with Crippen LogP contribution in [-0.4, -0.2) is 26.3 Å². The van der Waals surface area contributed by atoms with Crippen LogP contribution >= 0.6 is 0 Å². The Hall–Kier alpha value is -1.02. The summed E-state index contributed by atoms with van der Waals surface area (Å²) in [5.41, 5.74) is 2.75. The van der Waals surface area contributed by atoms with E-state index in [1.807, 2.05) is 0 Å². The van der Waals surface area contributed by atoms with Gasteiger partial charge >= 0.3 is 0 Å². The fourth-order valence-corrected chi connectivity index (χ4v) is 1.79. The Morgan fingerprint density at radius 3 is 2.79 bits per heavy atom. The highest BCUT2D eigenvalue weighted by atomic mass is 16.5. The monoisotopic (exact) mass is 191 g/mol. The Kier molecular flexibility index (Phi) is 3.04. The Morgan fingerprint density at radius 2 is 2.07 bits per heavy atom. The summed E-state index contributed by atoms with van der Waals surface area (Å²) in [5.74, 6) is 0. The lowest BCUT2D eigenvalue weighted by Gasteiger charge is -2.29. The van der Waals surface area contributed by atoms with Gasteiger partial charge in [-0.3, -0.25) is 0 Å². The SMILES string of the molecule is CCc1cccc(N2CCOCC2)c1. The first-order valence-electron chi connectivity index (χ1n) is 5.32. The quantitative estimate of drug-likeness (QED) is 0.709. The molecule has 0 N–H and O–H groups in total. The van der Waals surface area contributed by atoms with Crippen LogP contribution in [0.15, 0.2) is 24.3 Å². The standard InChI is InChI=1S/C12H17NO/c1-2-11-4-3-5-12(10-11)13-6-8-14-9-7-13/h3-5,10H,2,6-9H2,1H3. The third kappa shape index (κ3) is 2.07. The van der Waals surface area contributed by atoms with E-state index in [4.69, 9.17) is 4.74 Å². The number of morpholine rings is 1. The summed E-state index contributed by atoms with van der Waals surface area (Å²) in [6.45, 7) is 5.95. The normalized spacial score (nSPS) is 17.1. The minimum atomic E-state index is 0.857. The van der Waals surface area contributed by atoms with Crippen LogP contribution in [0.3, 0.4) is 0 Å². The summed E-state index contributed by atoms with van der Waals surface area (Å²) in [7, 11) is 0. The van der Waals surface area contributed by atoms with Gasteiger partial charge in [0.05, 0.1) is 13.2 Å². The number of nitrogens with zero attached hydrogens (tertiary/aromatic N) is 1. The summed E-state index contributed by atoms with van der Waals surface area (Å²) >= 11 is 0. The molecule has 2 heteroatoms. The highest BCUT2D eigenvalue weighted by Crippen LogP contribution is 2.17. The molecule has 0 radical (unpaired) electrons. The predicted octanol–water partition coefficient (Wildman–Crippen LogP) is 2.09. The zero-order valence-corrected chi connectivity index (χ0v) is 8.70. The fourth-order valence-electron chi connectivity index (χ4n) is 1.79. The molecule has 1 heterocycles. The largest absolute Gasteiger partial charge is 0.378 e. The highest BCUT2D eigenvalue weighted by molar-refractivity contribution is 5.48. The smallest absolute Gasteiger partial charge is 0.0642 e. The molecule has 1 saturated heterocycles. The molecule has 0 amide bonds. The zero-order valence-electron chi connectivity index (χ0n) is 8.70. The zero-order chi connectivity index (χ0) is 9.80. The van der Waals surface area contributed by atoms with E-state index in [0.29, 0.717) is 0 Å². The van der Waals surface area contributed by atoms with Gasteiger partial charge in [-0.2, -0.15) is 0 Å². The van der Waals surface area contributed by atoms with Gasteiger partial charge in [-0.05, 0) is 24.1 Å². The van der Waals surface area contributed by atoms with Gasteiger partial charge in [0.1, 0.15) is 0 Å². The number of hydrogen-bond donors (Lipinski definition) is 0. The number of rotatable bonds is 2. The van der Waals surface area contributed by atoms with Crippen molar-refractivity contribution in [2.75, 3.05) is 31.2 Å². The number of hydrogen-bond acceptors (Lipinski definition) is 2. The van der Waals surface area contributed by atoms with Gasteiger partial charge in [-0.25, -0.2) is 0 Å². The van der Waals surface area contributed by atoms with E-state index in [9.17, 15) is 0 Å². The van der Waals surface area contributed by atoms with Crippen molar-refractivity contribution >= 4 is 5.69 Å². The lowest BCUT2D eigenvalue weighted by molar-refractivity contribution is 0.122. The molecule has 14 heavy (non-hydrogen) atoms. The maximum absolute atomic E-state index is 5.34. The lowest BCUT2D eigenvalue weighted by Crippen LogP contribution is -2.36. The summed E-state index contributed by atoms with van der Waals surface area (Å²) in [6, 6.07) is 8.80. The second-order valence-corrected chi connectivity index (χ2v) is 3.62. The van der Waals surface area contributed by atoms with Crippen LogP contribution < -0.4 is 4.90 Å². The first-order chi connectivity index (χ1) is 6.90. The van der Waals surface area contributed by atoms with E-state index in [2.05, 4.69) is 36.1 Å². The van der Waals surface area contributed by atoms with Crippen LogP contribution in [0.5, 0.6) is 0 Å². The van der Waals surface area contributed by atoms with Gasteiger partial charge in [-0.15, -0.1) is 0 Å². The molecule has 1 aromatic carbocycles. The molecule has 1 aromatic rings. The fraction of sp³-hybridized carbons (Fsp3) is 0.500. The van der Waals surface area contributed by atoms with Crippen LogP contribution in [0, 0.1) is 0 Å². The third-order valence-corrected chi connectivity index (χ3v) is 2.70. The van der Waals surface area contributed by atoms with Gasteiger partial charge in [0.25, 0.3) is 0 Å². The Morgan fingerprint density at radius 1 is 1.29 bits per heavy atom. The van der Waals surface area contributed by atoms with E-state index in [1.165, 1.54) is 11.3 Å². The Labute approximate surface area is 85.5 Å². The van der Waals surface area contributed by atoms with E-state index < -0.39 is 0 Å². The molecule has 2 nitrogen and oxygen atoms in total. The van der Waals surface area contributed by atoms with Gasteiger partial charge < -0.3 is 9.64 Å². The molecule has 0 spiro atoms. The van der Waals surface area contributed by atoms with Crippen molar-refractivity contribution < 1.29 is 4.74 Å². The maximum atomic E-state index is 5.34. The van der Waals surface area contributed by atoms with Crippen LogP contribution in [-0.2, 0) is 11.2 Å². The van der Waals surface area contributed by atoms with E-state index in [0.717, 1.165) is 32.7 Å². The van der Waals surface area contributed by atoms with E-state index in [-0.39, 0.29) is 0 Å². The Bertz CT molecular complexity index is 292. The van der Waals surface area contributed by atoms with Crippen molar-refractivity contribution in [1.29, 1.82) is 0 Å². The maximum Gasteiger partial charge on any atom is 0.0642 e. The van der Waals surface area contributed by atoms with Gasteiger partial charge in [0, 0.05) is 18.8 Å². The number of anilines is 1. The molecule has 0 atom stereocenters. The summed E-state index contributed by atoms with van der Waals surface area (Å²) in [6.07, 6.45) is 1.11. The molecule has 1 fully saturated rings. The average Bonchev–Trinajstić information content (AvgIpc) is 2.30. The van der Waals surface area contributed by atoms with Gasteiger partial charge in [0.2, 0.25) is 0 Å². The van der Waals surface area contributed by atoms with Crippen LogP contribution in [0.4, 0.5) is 5.69 Å². The lowest BCUT2D eigenvalue weighted by atomic mass is 10.1. The number of benzene rings is 1. The molecular weight excluding hydrogens is 174 g/mol. The first-order valence-corrected chi connectivity index (χ1v) is 5.32. The van der Waals surface area contributed by atoms with Crippen molar-refractivity contribution in [3.8, 4) is 0 Å². The molecule has 0 bridgehead atoms. The molecule has 1 aliphatic rings. The predicted molar refractivity (Wildman–Crippen MR) is 58.9 cm³/mol. The average molecular weight is 191 g/mol. The summed E-state index contributed by atoms with van der Waals surface area (Å²) < 4.78 is 5.34. The summed E-state index contributed by atoms with van der Waals surface area (Å²) in [5, 5.41) is 0. The molecule has 76 valence electrons. The van der Waals surface area contributed by atoms with Crippen LogP contribution in [0.2, 0.25) is 0 Å². The number of ether oxygens (including phenoxy) is 1. The van der Waals surface area contributed by atoms with Crippen molar-refractivity contribution in [2.24, 2.45) is 0 Å². The second-order valence-electron chi connectivity index (χ2n) is 3.62. The van der Waals surface area contributed by atoms with E-state index in [1.54, 1.807) is 0 Å². The number of aryl methyl sites for hydroxylation is 1.